The Labute approximate surface area is 156 Å². The van der Waals surface area contributed by atoms with Gasteiger partial charge in [-0.1, -0.05) is 18.2 Å². The summed E-state index contributed by atoms with van der Waals surface area (Å²) in [6.07, 6.45) is 2.97. The van der Waals surface area contributed by atoms with Crippen molar-refractivity contribution in [2.45, 2.75) is 26.3 Å². The van der Waals surface area contributed by atoms with Gasteiger partial charge in [-0.25, -0.2) is 9.37 Å². The van der Waals surface area contributed by atoms with Gasteiger partial charge in [0.25, 0.3) is 5.78 Å². The molecule has 0 unspecified atom stereocenters. The fraction of sp³-hybridized carbons (Fsp3) is 0.368. The zero-order chi connectivity index (χ0) is 18.8. The summed E-state index contributed by atoms with van der Waals surface area (Å²) in [4.78, 5) is 23.2. The highest BCUT2D eigenvalue weighted by atomic mass is 19.1. The van der Waals surface area contributed by atoms with E-state index >= 15 is 0 Å². The lowest BCUT2D eigenvalue weighted by atomic mass is 9.95. The summed E-state index contributed by atoms with van der Waals surface area (Å²) in [6, 6.07) is 8.49. The monoisotopic (exact) mass is 368 g/mol. The fourth-order valence-electron chi connectivity index (χ4n) is 3.48. The molecular weight excluding hydrogens is 347 g/mol. The molecule has 0 radical (unpaired) electrons. The van der Waals surface area contributed by atoms with Crippen molar-refractivity contribution in [1.82, 2.24) is 24.9 Å². The van der Waals surface area contributed by atoms with Gasteiger partial charge in [-0.2, -0.15) is 14.6 Å². The minimum absolute atomic E-state index is 0.0188. The predicted molar refractivity (Wildman–Crippen MR) is 98.7 cm³/mol. The van der Waals surface area contributed by atoms with Crippen LogP contribution < -0.4 is 10.2 Å². The molecule has 3 heterocycles. The number of hydrogen-bond acceptors (Lipinski definition) is 5. The second-order valence-corrected chi connectivity index (χ2v) is 6.80. The van der Waals surface area contributed by atoms with Gasteiger partial charge in [0.15, 0.2) is 0 Å². The van der Waals surface area contributed by atoms with E-state index < -0.39 is 0 Å². The van der Waals surface area contributed by atoms with Crippen molar-refractivity contribution in [2.75, 3.05) is 18.0 Å². The minimum Gasteiger partial charge on any atom is -0.356 e. The molecule has 7 nitrogen and oxygen atoms in total. The smallest absolute Gasteiger partial charge is 0.254 e. The van der Waals surface area contributed by atoms with Crippen LogP contribution in [0, 0.1) is 18.7 Å². The average Bonchev–Trinajstić information content (AvgIpc) is 3.15. The molecule has 1 aliphatic rings. The van der Waals surface area contributed by atoms with Crippen LogP contribution in [0.4, 0.5) is 10.2 Å². The van der Waals surface area contributed by atoms with Crippen LogP contribution >= 0.6 is 0 Å². The number of benzene rings is 1. The standard InChI is InChI=1S/C19H21FN6O/c1-13-10-17(26-19(24-13)22-12-23-26)25-8-6-14(7-9-25)18(27)21-11-15-4-2-3-5-16(15)20/h2-5,10,12,14H,6-9,11H2,1H3,(H,21,27). The van der Waals surface area contributed by atoms with E-state index in [0.717, 1.165) is 37.4 Å². The van der Waals surface area contributed by atoms with Crippen molar-refractivity contribution in [3.8, 4) is 0 Å². The van der Waals surface area contributed by atoms with Crippen LogP contribution in [0.15, 0.2) is 36.7 Å². The van der Waals surface area contributed by atoms with Gasteiger partial charge in [0.1, 0.15) is 18.0 Å². The van der Waals surface area contributed by atoms with E-state index in [9.17, 15) is 9.18 Å². The van der Waals surface area contributed by atoms with Crippen LogP contribution in [0.25, 0.3) is 5.78 Å². The zero-order valence-corrected chi connectivity index (χ0v) is 15.1. The Morgan fingerprint density at radius 2 is 2.07 bits per heavy atom. The Balaban J connectivity index is 1.38. The highest BCUT2D eigenvalue weighted by Gasteiger charge is 2.26. The van der Waals surface area contributed by atoms with E-state index in [4.69, 9.17) is 0 Å². The molecule has 3 aromatic rings. The number of rotatable bonds is 4. The molecule has 1 amide bonds. The van der Waals surface area contributed by atoms with E-state index in [1.54, 1.807) is 22.7 Å². The molecule has 1 N–H and O–H groups in total. The van der Waals surface area contributed by atoms with Gasteiger partial charge in [0.05, 0.1) is 0 Å². The third-order valence-corrected chi connectivity index (χ3v) is 4.96. The zero-order valence-electron chi connectivity index (χ0n) is 15.1. The SMILES string of the molecule is Cc1cc(N2CCC(C(=O)NCc3ccccc3F)CC2)n2ncnc2n1. The summed E-state index contributed by atoms with van der Waals surface area (Å²) in [5.41, 5.74) is 1.39. The lowest BCUT2D eigenvalue weighted by molar-refractivity contribution is -0.125. The molecule has 1 fully saturated rings. The quantitative estimate of drug-likeness (QED) is 0.763. The van der Waals surface area contributed by atoms with E-state index in [2.05, 4.69) is 25.3 Å². The van der Waals surface area contributed by atoms with Gasteiger partial charge >= 0.3 is 0 Å². The van der Waals surface area contributed by atoms with Crippen LogP contribution in [0.3, 0.4) is 0 Å². The largest absolute Gasteiger partial charge is 0.356 e. The van der Waals surface area contributed by atoms with Gasteiger partial charge in [-0.15, -0.1) is 0 Å². The van der Waals surface area contributed by atoms with Crippen molar-refractivity contribution in [1.29, 1.82) is 0 Å². The first-order chi connectivity index (χ1) is 13.1. The Morgan fingerprint density at radius 3 is 2.85 bits per heavy atom. The molecule has 1 aliphatic heterocycles. The average molecular weight is 368 g/mol. The maximum absolute atomic E-state index is 13.7. The maximum atomic E-state index is 13.7. The molecule has 2 aromatic heterocycles. The summed E-state index contributed by atoms with van der Waals surface area (Å²) in [5, 5.41) is 7.11. The molecule has 0 atom stereocenters. The lowest BCUT2D eigenvalue weighted by Crippen LogP contribution is -2.41. The number of aromatic nitrogens is 4. The molecule has 27 heavy (non-hydrogen) atoms. The molecule has 0 aliphatic carbocycles. The second-order valence-electron chi connectivity index (χ2n) is 6.80. The summed E-state index contributed by atoms with van der Waals surface area (Å²) < 4.78 is 15.4. The molecule has 1 saturated heterocycles. The van der Waals surface area contributed by atoms with Crippen molar-refractivity contribution in [3.63, 3.8) is 0 Å². The van der Waals surface area contributed by atoms with E-state index in [0.29, 0.717) is 11.3 Å². The first-order valence-electron chi connectivity index (χ1n) is 9.05. The number of anilines is 1. The van der Waals surface area contributed by atoms with Crippen LogP contribution in [-0.2, 0) is 11.3 Å². The summed E-state index contributed by atoms with van der Waals surface area (Å²) in [6.45, 7) is 3.64. The third-order valence-electron chi connectivity index (χ3n) is 4.96. The van der Waals surface area contributed by atoms with Crippen molar-refractivity contribution < 1.29 is 9.18 Å². The Hall–Kier alpha value is -3.03. The highest BCUT2D eigenvalue weighted by molar-refractivity contribution is 5.79. The van der Waals surface area contributed by atoms with Gasteiger partial charge in [-0.3, -0.25) is 4.79 Å². The Kier molecular flexibility index (Phi) is 4.70. The Morgan fingerprint density at radius 1 is 1.30 bits per heavy atom. The molecule has 1 aromatic carbocycles. The number of hydrogen-bond donors (Lipinski definition) is 1. The first-order valence-corrected chi connectivity index (χ1v) is 9.05. The fourth-order valence-corrected chi connectivity index (χ4v) is 3.48. The van der Waals surface area contributed by atoms with Crippen molar-refractivity contribution in [2.24, 2.45) is 5.92 Å². The molecule has 8 heteroatoms. The molecule has 140 valence electrons. The number of aryl methyl sites for hydroxylation is 1. The number of carbonyl (C=O) groups is 1. The number of piperidine rings is 1. The number of nitrogens with zero attached hydrogens (tertiary/aromatic N) is 5. The number of carbonyl (C=O) groups excluding carboxylic acids is 1. The number of nitrogens with one attached hydrogen (secondary N) is 1. The van der Waals surface area contributed by atoms with E-state index in [1.807, 2.05) is 13.0 Å². The van der Waals surface area contributed by atoms with Crippen molar-refractivity contribution in [3.05, 3.63) is 53.7 Å². The van der Waals surface area contributed by atoms with E-state index in [-0.39, 0.29) is 24.2 Å². The van der Waals surface area contributed by atoms with Crippen LogP contribution in [0.1, 0.15) is 24.1 Å². The minimum atomic E-state index is -0.294. The lowest BCUT2D eigenvalue weighted by Gasteiger charge is -2.32. The van der Waals surface area contributed by atoms with Crippen LogP contribution in [-0.4, -0.2) is 38.6 Å². The molecule has 0 bridgehead atoms. The number of halogens is 1. The van der Waals surface area contributed by atoms with E-state index in [1.165, 1.54) is 12.4 Å². The molecule has 0 spiro atoms. The third kappa shape index (κ3) is 3.60. The number of fused-ring (bicyclic) bond motifs is 1. The van der Waals surface area contributed by atoms with Gasteiger partial charge in [0.2, 0.25) is 5.91 Å². The molecule has 0 saturated carbocycles. The normalized spacial score (nSPS) is 15.3. The van der Waals surface area contributed by atoms with Gasteiger partial charge < -0.3 is 10.2 Å². The number of amides is 1. The van der Waals surface area contributed by atoms with Gasteiger partial charge in [-0.05, 0) is 25.8 Å². The second kappa shape index (κ2) is 7.30. The van der Waals surface area contributed by atoms with Crippen LogP contribution in [0.5, 0.6) is 0 Å². The first kappa shape index (κ1) is 17.4. The summed E-state index contributed by atoms with van der Waals surface area (Å²) in [7, 11) is 0. The summed E-state index contributed by atoms with van der Waals surface area (Å²) in [5.74, 6) is 1.14. The highest BCUT2D eigenvalue weighted by Crippen LogP contribution is 2.24. The maximum Gasteiger partial charge on any atom is 0.254 e. The molecular formula is C19H21FN6O. The topological polar surface area (TPSA) is 75.4 Å². The van der Waals surface area contributed by atoms with Crippen molar-refractivity contribution >= 4 is 17.5 Å². The predicted octanol–water partition coefficient (Wildman–Crippen LogP) is 2.10. The summed E-state index contributed by atoms with van der Waals surface area (Å²) >= 11 is 0. The molecule has 4 rings (SSSR count). The Bertz CT molecular complexity index is 964. The van der Waals surface area contributed by atoms with Gasteiger partial charge in [0, 0.05) is 42.9 Å². The van der Waals surface area contributed by atoms with Crippen LogP contribution in [0.2, 0.25) is 0 Å².